The molecule has 0 aliphatic rings. The SMILES string of the molecule is O=C(Nc1ccc(OCc2ccccc2)cc1)c1ccc(Cl)c(S(=O)(=O)Nc2ccccc2)c1. The van der Waals surface area contributed by atoms with Gasteiger partial charge in [0.25, 0.3) is 15.9 Å². The number of hydrogen-bond donors (Lipinski definition) is 2. The maximum absolute atomic E-state index is 12.8. The molecular formula is C26H21ClN2O4S. The van der Waals surface area contributed by atoms with Crippen LogP contribution in [-0.4, -0.2) is 14.3 Å². The molecule has 0 fully saturated rings. The van der Waals surface area contributed by atoms with Crippen molar-refractivity contribution >= 4 is 38.9 Å². The summed E-state index contributed by atoms with van der Waals surface area (Å²) in [6.45, 7) is 0.436. The number of amides is 1. The van der Waals surface area contributed by atoms with Crippen LogP contribution < -0.4 is 14.8 Å². The second kappa shape index (κ2) is 10.4. The van der Waals surface area contributed by atoms with Gasteiger partial charge in [0, 0.05) is 16.9 Å². The number of anilines is 2. The van der Waals surface area contributed by atoms with Crippen LogP contribution in [0.15, 0.2) is 108 Å². The van der Waals surface area contributed by atoms with E-state index in [2.05, 4.69) is 10.0 Å². The average molecular weight is 493 g/mol. The molecule has 4 aromatic carbocycles. The zero-order chi connectivity index (χ0) is 24.0. The van der Waals surface area contributed by atoms with Crippen LogP contribution in [-0.2, 0) is 16.6 Å². The minimum atomic E-state index is -3.99. The fraction of sp³-hybridized carbons (Fsp3) is 0.0385. The van der Waals surface area contributed by atoms with E-state index in [1.165, 1.54) is 18.2 Å². The van der Waals surface area contributed by atoms with E-state index >= 15 is 0 Å². The molecule has 0 heterocycles. The quantitative estimate of drug-likeness (QED) is 0.317. The average Bonchev–Trinajstić information content (AvgIpc) is 2.85. The molecule has 0 bridgehead atoms. The van der Waals surface area contributed by atoms with Crippen LogP contribution in [0.1, 0.15) is 15.9 Å². The third-order valence-corrected chi connectivity index (χ3v) is 6.73. The molecule has 0 aliphatic heterocycles. The number of sulfonamides is 1. The van der Waals surface area contributed by atoms with Crippen molar-refractivity contribution in [3.05, 3.63) is 119 Å². The van der Waals surface area contributed by atoms with Crippen molar-refractivity contribution in [2.75, 3.05) is 10.0 Å². The van der Waals surface area contributed by atoms with Crippen molar-refractivity contribution in [3.8, 4) is 5.75 Å². The predicted octanol–water partition coefficient (Wildman–Crippen LogP) is 5.97. The minimum absolute atomic E-state index is 0.0138. The first-order chi connectivity index (χ1) is 16.4. The summed E-state index contributed by atoms with van der Waals surface area (Å²) in [5.74, 6) is 0.194. The summed E-state index contributed by atoms with van der Waals surface area (Å²) in [7, 11) is -3.99. The second-order valence-corrected chi connectivity index (χ2v) is 9.43. The number of ether oxygens (including phenoxy) is 1. The Hall–Kier alpha value is -3.81. The molecule has 0 spiro atoms. The summed E-state index contributed by atoms with van der Waals surface area (Å²) < 4.78 is 33.8. The van der Waals surface area contributed by atoms with Gasteiger partial charge in [0.1, 0.15) is 17.3 Å². The second-order valence-electron chi connectivity index (χ2n) is 7.37. The fourth-order valence-electron chi connectivity index (χ4n) is 3.15. The largest absolute Gasteiger partial charge is 0.489 e. The minimum Gasteiger partial charge on any atom is -0.489 e. The van der Waals surface area contributed by atoms with E-state index in [9.17, 15) is 13.2 Å². The Bertz CT molecular complexity index is 1380. The van der Waals surface area contributed by atoms with Crippen molar-refractivity contribution in [3.63, 3.8) is 0 Å². The molecule has 0 aliphatic carbocycles. The van der Waals surface area contributed by atoms with Gasteiger partial charge in [-0.2, -0.15) is 0 Å². The number of halogens is 1. The molecule has 172 valence electrons. The summed E-state index contributed by atoms with van der Waals surface area (Å²) in [4.78, 5) is 12.6. The number of nitrogens with one attached hydrogen (secondary N) is 2. The summed E-state index contributed by atoms with van der Waals surface area (Å²) in [6.07, 6.45) is 0. The van der Waals surface area contributed by atoms with Crippen molar-refractivity contribution in [1.82, 2.24) is 0 Å². The molecule has 0 atom stereocenters. The summed E-state index contributed by atoms with van der Waals surface area (Å²) in [6, 6.07) is 29.3. The molecule has 8 heteroatoms. The number of hydrogen-bond acceptors (Lipinski definition) is 4. The van der Waals surface area contributed by atoms with E-state index in [4.69, 9.17) is 16.3 Å². The smallest absolute Gasteiger partial charge is 0.263 e. The zero-order valence-electron chi connectivity index (χ0n) is 17.9. The van der Waals surface area contributed by atoms with Gasteiger partial charge in [-0.1, -0.05) is 60.1 Å². The Morgan fingerprint density at radius 2 is 1.44 bits per heavy atom. The van der Waals surface area contributed by atoms with Gasteiger partial charge in [0.15, 0.2) is 0 Å². The van der Waals surface area contributed by atoms with Crippen molar-refractivity contribution in [2.45, 2.75) is 11.5 Å². The highest BCUT2D eigenvalue weighted by molar-refractivity contribution is 7.92. The van der Waals surface area contributed by atoms with E-state index < -0.39 is 15.9 Å². The lowest BCUT2D eigenvalue weighted by Gasteiger charge is -2.12. The first-order valence-corrected chi connectivity index (χ1v) is 12.2. The lowest BCUT2D eigenvalue weighted by atomic mass is 10.2. The van der Waals surface area contributed by atoms with Gasteiger partial charge < -0.3 is 10.1 Å². The van der Waals surface area contributed by atoms with Gasteiger partial charge in [-0.15, -0.1) is 0 Å². The van der Waals surface area contributed by atoms with Crippen LogP contribution in [0.5, 0.6) is 5.75 Å². The van der Waals surface area contributed by atoms with Crippen LogP contribution in [0, 0.1) is 0 Å². The van der Waals surface area contributed by atoms with E-state index in [1.54, 1.807) is 54.6 Å². The monoisotopic (exact) mass is 492 g/mol. The molecule has 0 saturated heterocycles. The molecule has 0 unspecified atom stereocenters. The normalized spacial score (nSPS) is 11.0. The predicted molar refractivity (Wildman–Crippen MR) is 134 cm³/mol. The van der Waals surface area contributed by atoms with Gasteiger partial charge in [0.05, 0.1) is 5.02 Å². The Labute approximate surface area is 203 Å². The van der Waals surface area contributed by atoms with Gasteiger partial charge in [-0.25, -0.2) is 8.42 Å². The van der Waals surface area contributed by atoms with Crippen molar-refractivity contribution in [2.24, 2.45) is 0 Å². The standard InChI is InChI=1S/C26H21ClN2O4S/c27-24-16-11-20(17-25(24)34(31,32)29-22-9-5-2-6-10-22)26(30)28-21-12-14-23(15-13-21)33-18-19-7-3-1-4-8-19/h1-17,29H,18H2,(H,28,30). The molecule has 0 saturated carbocycles. The van der Waals surface area contributed by atoms with Gasteiger partial charge >= 0.3 is 0 Å². The maximum atomic E-state index is 12.8. The molecule has 0 aromatic heterocycles. The molecule has 0 radical (unpaired) electrons. The third-order valence-electron chi connectivity index (χ3n) is 4.87. The Balaban J connectivity index is 1.44. The first-order valence-electron chi connectivity index (χ1n) is 10.4. The highest BCUT2D eigenvalue weighted by Crippen LogP contribution is 2.26. The van der Waals surface area contributed by atoms with E-state index in [-0.39, 0.29) is 15.5 Å². The lowest BCUT2D eigenvalue weighted by molar-refractivity contribution is 0.102. The van der Waals surface area contributed by atoms with Gasteiger partial charge in [-0.05, 0) is 60.2 Å². The van der Waals surface area contributed by atoms with Crippen LogP contribution in [0.4, 0.5) is 11.4 Å². The van der Waals surface area contributed by atoms with Crippen molar-refractivity contribution in [1.29, 1.82) is 0 Å². The maximum Gasteiger partial charge on any atom is 0.263 e. The number of benzene rings is 4. The first kappa shape index (κ1) is 23.4. The zero-order valence-corrected chi connectivity index (χ0v) is 19.5. The highest BCUT2D eigenvalue weighted by Gasteiger charge is 2.20. The molecule has 34 heavy (non-hydrogen) atoms. The van der Waals surface area contributed by atoms with E-state index in [0.717, 1.165) is 5.56 Å². The number of para-hydroxylation sites is 1. The molecule has 4 rings (SSSR count). The van der Waals surface area contributed by atoms with Gasteiger partial charge in [-0.3, -0.25) is 9.52 Å². The number of carbonyl (C=O) groups is 1. The lowest BCUT2D eigenvalue weighted by Crippen LogP contribution is -2.16. The highest BCUT2D eigenvalue weighted by atomic mass is 35.5. The topological polar surface area (TPSA) is 84.5 Å². The Morgan fingerprint density at radius 3 is 2.12 bits per heavy atom. The van der Waals surface area contributed by atoms with Crippen molar-refractivity contribution < 1.29 is 17.9 Å². The molecule has 2 N–H and O–H groups in total. The third kappa shape index (κ3) is 5.95. The summed E-state index contributed by atoms with van der Waals surface area (Å²) in [5, 5.41) is 2.77. The molecule has 1 amide bonds. The number of rotatable bonds is 8. The van der Waals surface area contributed by atoms with Crippen LogP contribution in [0.2, 0.25) is 5.02 Å². The summed E-state index contributed by atoms with van der Waals surface area (Å²) >= 11 is 6.14. The molecular weight excluding hydrogens is 472 g/mol. The van der Waals surface area contributed by atoms with E-state index in [1.807, 2.05) is 30.3 Å². The van der Waals surface area contributed by atoms with Crippen LogP contribution in [0.25, 0.3) is 0 Å². The molecule has 6 nitrogen and oxygen atoms in total. The summed E-state index contributed by atoms with van der Waals surface area (Å²) in [5.41, 5.74) is 2.14. The van der Waals surface area contributed by atoms with E-state index in [0.29, 0.717) is 23.7 Å². The van der Waals surface area contributed by atoms with Crippen LogP contribution >= 0.6 is 11.6 Å². The Morgan fingerprint density at radius 1 is 0.794 bits per heavy atom. The fourth-order valence-corrected chi connectivity index (χ4v) is 4.73. The number of carbonyl (C=O) groups excluding carboxylic acids is 1. The molecule has 4 aromatic rings. The van der Waals surface area contributed by atoms with Gasteiger partial charge in [0.2, 0.25) is 0 Å². The Kier molecular flexibility index (Phi) is 7.15. The van der Waals surface area contributed by atoms with Crippen LogP contribution in [0.3, 0.4) is 0 Å².